The topological polar surface area (TPSA) is 3.24 Å². The molecular formula is C55H41N. The van der Waals surface area contributed by atoms with Gasteiger partial charge in [-0.3, -0.25) is 0 Å². The Labute approximate surface area is 329 Å². The van der Waals surface area contributed by atoms with Crippen LogP contribution >= 0.6 is 0 Å². The Morgan fingerprint density at radius 3 is 1.61 bits per heavy atom. The van der Waals surface area contributed by atoms with Crippen molar-refractivity contribution in [2.45, 2.75) is 19.3 Å². The lowest BCUT2D eigenvalue weighted by molar-refractivity contribution is 0.660. The summed E-state index contributed by atoms with van der Waals surface area (Å²) in [5, 5.41) is 2.42. The molecule has 266 valence electrons. The first-order valence-corrected chi connectivity index (χ1v) is 19.5. The molecule has 0 N–H and O–H groups in total. The molecule has 56 heavy (non-hydrogen) atoms. The summed E-state index contributed by atoms with van der Waals surface area (Å²) < 4.78 is 0. The van der Waals surface area contributed by atoms with E-state index < -0.39 is 0 Å². The molecule has 0 heterocycles. The highest BCUT2D eigenvalue weighted by molar-refractivity contribution is 6.05. The van der Waals surface area contributed by atoms with E-state index in [4.69, 9.17) is 0 Å². The Balaban J connectivity index is 1.30. The van der Waals surface area contributed by atoms with E-state index in [2.05, 4.69) is 231 Å². The lowest BCUT2D eigenvalue weighted by atomic mass is 9.82. The van der Waals surface area contributed by atoms with Crippen molar-refractivity contribution in [1.29, 1.82) is 0 Å². The number of fused-ring (bicyclic) bond motifs is 4. The minimum Gasteiger partial charge on any atom is -0.309 e. The smallest absolute Gasteiger partial charge is 0.0546 e. The number of para-hydroxylation sites is 1. The van der Waals surface area contributed by atoms with E-state index in [1.54, 1.807) is 0 Å². The van der Waals surface area contributed by atoms with Gasteiger partial charge in [-0.2, -0.15) is 0 Å². The summed E-state index contributed by atoms with van der Waals surface area (Å²) in [7, 11) is 0. The summed E-state index contributed by atoms with van der Waals surface area (Å²) >= 11 is 0. The number of benzene rings is 9. The average Bonchev–Trinajstić information content (AvgIpc) is 3.50. The minimum atomic E-state index is -0.104. The number of rotatable bonds is 7. The molecule has 9 aromatic rings. The van der Waals surface area contributed by atoms with Gasteiger partial charge in [-0.05, 0) is 90.7 Å². The van der Waals surface area contributed by atoms with Crippen molar-refractivity contribution in [3.05, 3.63) is 223 Å². The Morgan fingerprint density at radius 2 is 0.839 bits per heavy atom. The van der Waals surface area contributed by atoms with E-state index in [9.17, 15) is 0 Å². The van der Waals surface area contributed by atoms with Crippen LogP contribution < -0.4 is 4.90 Å². The molecule has 1 nitrogen and oxygen atoms in total. The molecule has 10 rings (SSSR count). The Bertz CT molecular complexity index is 2880. The van der Waals surface area contributed by atoms with Gasteiger partial charge in [0.1, 0.15) is 0 Å². The Morgan fingerprint density at radius 1 is 0.321 bits per heavy atom. The minimum absolute atomic E-state index is 0.104. The van der Waals surface area contributed by atoms with Crippen LogP contribution in [0.1, 0.15) is 25.0 Å². The molecule has 0 amide bonds. The summed E-state index contributed by atoms with van der Waals surface area (Å²) in [6.45, 7) is 4.72. The molecule has 9 aromatic carbocycles. The van der Waals surface area contributed by atoms with Crippen molar-refractivity contribution in [2.24, 2.45) is 0 Å². The average molecular weight is 716 g/mol. The molecular weight excluding hydrogens is 675 g/mol. The second-order valence-electron chi connectivity index (χ2n) is 15.3. The van der Waals surface area contributed by atoms with Crippen molar-refractivity contribution in [3.63, 3.8) is 0 Å². The molecule has 0 aromatic heterocycles. The van der Waals surface area contributed by atoms with Crippen LogP contribution in [0.15, 0.2) is 212 Å². The summed E-state index contributed by atoms with van der Waals surface area (Å²) in [5.41, 5.74) is 18.2. The number of nitrogens with zero attached hydrogens (tertiary/aromatic N) is 1. The molecule has 1 aliphatic rings. The fourth-order valence-electron chi connectivity index (χ4n) is 9.04. The van der Waals surface area contributed by atoms with Crippen LogP contribution in [0.4, 0.5) is 17.1 Å². The maximum atomic E-state index is 2.51. The van der Waals surface area contributed by atoms with Gasteiger partial charge in [-0.1, -0.05) is 202 Å². The maximum absolute atomic E-state index is 2.51. The van der Waals surface area contributed by atoms with Gasteiger partial charge in [-0.15, -0.1) is 0 Å². The molecule has 0 bridgehead atoms. The van der Waals surface area contributed by atoms with E-state index in [1.165, 1.54) is 77.5 Å². The van der Waals surface area contributed by atoms with Crippen LogP contribution in [-0.2, 0) is 5.41 Å². The largest absolute Gasteiger partial charge is 0.309 e. The van der Waals surface area contributed by atoms with E-state index in [0.29, 0.717) is 0 Å². The molecule has 0 radical (unpaired) electrons. The summed E-state index contributed by atoms with van der Waals surface area (Å²) in [6.07, 6.45) is 0. The first-order valence-electron chi connectivity index (χ1n) is 19.5. The third kappa shape index (κ3) is 5.55. The van der Waals surface area contributed by atoms with E-state index >= 15 is 0 Å². The highest BCUT2D eigenvalue weighted by atomic mass is 15.1. The second-order valence-corrected chi connectivity index (χ2v) is 15.3. The highest BCUT2D eigenvalue weighted by Crippen LogP contribution is 2.55. The molecule has 0 spiro atoms. The van der Waals surface area contributed by atoms with Gasteiger partial charge in [-0.25, -0.2) is 0 Å². The molecule has 0 fully saturated rings. The predicted octanol–water partition coefficient (Wildman–Crippen LogP) is 15.3. The van der Waals surface area contributed by atoms with Gasteiger partial charge < -0.3 is 4.90 Å². The highest BCUT2D eigenvalue weighted by Gasteiger charge is 2.37. The molecule has 1 aliphatic carbocycles. The number of hydrogen-bond donors (Lipinski definition) is 0. The third-order valence-corrected chi connectivity index (χ3v) is 11.7. The van der Waals surface area contributed by atoms with Gasteiger partial charge in [0, 0.05) is 22.2 Å². The van der Waals surface area contributed by atoms with Gasteiger partial charge in [0.05, 0.1) is 11.4 Å². The van der Waals surface area contributed by atoms with E-state index in [0.717, 1.165) is 17.1 Å². The zero-order valence-corrected chi connectivity index (χ0v) is 31.7. The van der Waals surface area contributed by atoms with Crippen molar-refractivity contribution in [1.82, 2.24) is 0 Å². The SMILES string of the molecule is CC1(C)c2ccccc2-c2c(-c3ccccc3N(c3ccc4ccccc4c3)c3cccc(-c4ccccc4)c3-c3ccccc3-c3ccccc3)cccc21. The van der Waals surface area contributed by atoms with Gasteiger partial charge in [0.25, 0.3) is 0 Å². The van der Waals surface area contributed by atoms with Crippen molar-refractivity contribution in [3.8, 4) is 55.6 Å². The Hall–Kier alpha value is -6.96. The normalized spacial score (nSPS) is 12.6. The summed E-state index contributed by atoms with van der Waals surface area (Å²) in [6, 6.07) is 77.7. The van der Waals surface area contributed by atoms with Crippen molar-refractivity contribution >= 4 is 27.8 Å². The van der Waals surface area contributed by atoms with Crippen LogP contribution in [0.5, 0.6) is 0 Å². The van der Waals surface area contributed by atoms with Crippen LogP contribution in [-0.4, -0.2) is 0 Å². The predicted molar refractivity (Wildman–Crippen MR) is 238 cm³/mol. The van der Waals surface area contributed by atoms with E-state index in [1.807, 2.05) is 0 Å². The lowest BCUT2D eigenvalue weighted by Gasteiger charge is -2.32. The third-order valence-electron chi connectivity index (χ3n) is 11.7. The maximum Gasteiger partial charge on any atom is 0.0546 e. The fourth-order valence-corrected chi connectivity index (χ4v) is 9.04. The molecule has 0 saturated heterocycles. The lowest BCUT2D eigenvalue weighted by Crippen LogP contribution is -2.15. The van der Waals surface area contributed by atoms with Gasteiger partial charge >= 0.3 is 0 Å². The molecule has 1 heteroatoms. The zero-order valence-electron chi connectivity index (χ0n) is 31.7. The summed E-state index contributed by atoms with van der Waals surface area (Å²) in [4.78, 5) is 2.51. The molecule has 0 atom stereocenters. The van der Waals surface area contributed by atoms with Crippen molar-refractivity contribution < 1.29 is 0 Å². The zero-order chi connectivity index (χ0) is 37.6. The first-order chi connectivity index (χ1) is 27.6. The number of anilines is 3. The van der Waals surface area contributed by atoms with Gasteiger partial charge in [0.15, 0.2) is 0 Å². The number of hydrogen-bond acceptors (Lipinski definition) is 1. The molecule has 0 unspecified atom stereocenters. The summed E-state index contributed by atoms with van der Waals surface area (Å²) in [5.74, 6) is 0. The fraction of sp³-hybridized carbons (Fsp3) is 0.0545. The quantitative estimate of drug-likeness (QED) is 0.159. The van der Waals surface area contributed by atoms with Crippen LogP contribution in [0.2, 0.25) is 0 Å². The van der Waals surface area contributed by atoms with Crippen LogP contribution in [0, 0.1) is 0 Å². The second kappa shape index (κ2) is 13.7. The monoisotopic (exact) mass is 715 g/mol. The van der Waals surface area contributed by atoms with Crippen LogP contribution in [0.3, 0.4) is 0 Å². The Kier molecular flexibility index (Phi) is 8.23. The van der Waals surface area contributed by atoms with Crippen LogP contribution in [0.25, 0.3) is 66.4 Å². The first kappa shape index (κ1) is 33.6. The van der Waals surface area contributed by atoms with Gasteiger partial charge in [0.2, 0.25) is 0 Å². The molecule has 0 aliphatic heterocycles. The van der Waals surface area contributed by atoms with E-state index in [-0.39, 0.29) is 5.41 Å². The molecule has 0 saturated carbocycles. The van der Waals surface area contributed by atoms with Crippen molar-refractivity contribution in [2.75, 3.05) is 4.90 Å². The standard InChI is InChI=1S/C55H41N/c1-55(2)49-31-15-13-28-48(49)53-47(30-17-32-50(53)55)45-26-14-16-33-51(45)56(42-36-35-38-19-9-10-24-41(38)37-42)52-34-18-29-44(40-22-7-4-8-23-40)54(52)46-27-12-11-25-43(46)39-20-5-3-6-21-39/h3-37H,1-2H3.